The number of aromatic nitrogens is 1. The summed E-state index contributed by atoms with van der Waals surface area (Å²) in [4.78, 5) is 6.93. The molecule has 1 heterocycles. The molecule has 1 unspecified atom stereocenters. The number of fused-ring (bicyclic) bond motifs is 1. The van der Waals surface area contributed by atoms with Gasteiger partial charge in [0.1, 0.15) is 0 Å². The van der Waals surface area contributed by atoms with Gasteiger partial charge < -0.3 is 23.8 Å². The highest BCUT2D eigenvalue weighted by molar-refractivity contribution is 5.88. The number of nitrogens with zero attached hydrogens (tertiary/aromatic N) is 2. The first-order chi connectivity index (χ1) is 14.0. The minimum Gasteiger partial charge on any atom is -0.493 e. The van der Waals surface area contributed by atoms with E-state index in [9.17, 15) is 0 Å². The molecule has 3 rings (SSSR count). The van der Waals surface area contributed by atoms with Crippen molar-refractivity contribution in [3.05, 3.63) is 53.9 Å². The number of likely N-dealkylation sites (N-methyl/N-ethyl adjacent to an activating group) is 1. The van der Waals surface area contributed by atoms with Crippen LogP contribution < -0.4 is 18.9 Å². The summed E-state index contributed by atoms with van der Waals surface area (Å²) in [6.07, 6.45) is 1.84. The molecule has 0 fully saturated rings. The Morgan fingerprint density at radius 3 is 2.03 bits per heavy atom. The lowest BCUT2D eigenvalue weighted by Gasteiger charge is -2.24. The number of hydrogen-bond acceptors (Lipinski definition) is 6. The minimum absolute atomic E-state index is 0.0339. The lowest BCUT2D eigenvalue weighted by Crippen LogP contribution is -2.22. The first-order valence-corrected chi connectivity index (χ1v) is 9.39. The molecule has 0 aliphatic rings. The number of methoxy groups -OCH3 is 4. The summed E-state index contributed by atoms with van der Waals surface area (Å²) < 4.78 is 21.9. The molecular weight excluding hydrogens is 368 g/mol. The summed E-state index contributed by atoms with van der Waals surface area (Å²) in [5, 5.41) is 2.09. The molecule has 0 N–H and O–H groups in total. The van der Waals surface area contributed by atoms with Gasteiger partial charge in [-0.15, -0.1) is 0 Å². The molecule has 0 aliphatic carbocycles. The quantitative estimate of drug-likeness (QED) is 0.574. The van der Waals surface area contributed by atoms with Crippen molar-refractivity contribution in [1.82, 2.24) is 9.88 Å². The van der Waals surface area contributed by atoms with Crippen LogP contribution in [0.2, 0.25) is 0 Å². The maximum absolute atomic E-state index is 5.53. The molecule has 1 aromatic heterocycles. The van der Waals surface area contributed by atoms with E-state index in [-0.39, 0.29) is 5.92 Å². The Hall–Kier alpha value is -2.99. The van der Waals surface area contributed by atoms with Gasteiger partial charge in [-0.3, -0.25) is 4.98 Å². The van der Waals surface area contributed by atoms with Crippen molar-refractivity contribution in [1.29, 1.82) is 0 Å². The van der Waals surface area contributed by atoms with Gasteiger partial charge in [-0.2, -0.15) is 0 Å². The van der Waals surface area contributed by atoms with E-state index >= 15 is 0 Å². The lowest BCUT2D eigenvalue weighted by molar-refractivity contribution is 0.353. The number of hydrogen-bond donors (Lipinski definition) is 0. The molecule has 1 atom stereocenters. The Kier molecular flexibility index (Phi) is 6.44. The second-order valence-corrected chi connectivity index (χ2v) is 7.05. The highest BCUT2D eigenvalue weighted by atomic mass is 16.5. The van der Waals surface area contributed by atoms with Crippen LogP contribution in [0.3, 0.4) is 0 Å². The number of benzene rings is 2. The average molecular weight is 396 g/mol. The first-order valence-electron chi connectivity index (χ1n) is 9.39. The zero-order chi connectivity index (χ0) is 21.0. The van der Waals surface area contributed by atoms with Crippen LogP contribution in [0, 0.1) is 0 Å². The third-order valence-corrected chi connectivity index (χ3v) is 4.99. The van der Waals surface area contributed by atoms with Crippen molar-refractivity contribution in [2.45, 2.75) is 5.92 Å². The van der Waals surface area contributed by atoms with E-state index in [1.54, 1.807) is 28.4 Å². The highest BCUT2D eigenvalue weighted by Crippen LogP contribution is 2.38. The summed E-state index contributed by atoms with van der Waals surface area (Å²) in [5.41, 5.74) is 2.08. The molecule has 6 heteroatoms. The van der Waals surface area contributed by atoms with Gasteiger partial charge in [0, 0.05) is 24.0 Å². The maximum atomic E-state index is 5.53. The molecule has 0 saturated carbocycles. The van der Waals surface area contributed by atoms with Gasteiger partial charge in [-0.25, -0.2) is 0 Å². The van der Waals surface area contributed by atoms with Crippen LogP contribution >= 0.6 is 0 Å². The molecule has 6 nitrogen and oxygen atoms in total. The van der Waals surface area contributed by atoms with Crippen molar-refractivity contribution in [2.75, 3.05) is 49.1 Å². The van der Waals surface area contributed by atoms with Gasteiger partial charge in [-0.1, -0.05) is 6.07 Å². The summed E-state index contributed by atoms with van der Waals surface area (Å²) in [6.45, 7) is 0.788. The van der Waals surface area contributed by atoms with Crippen LogP contribution in [-0.4, -0.2) is 59.0 Å². The van der Waals surface area contributed by atoms with Crippen LogP contribution in [0.4, 0.5) is 0 Å². The summed E-state index contributed by atoms with van der Waals surface area (Å²) in [6, 6.07) is 12.0. The van der Waals surface area contributed by atoms with Crippen LogP contribution in [0.1, 0.15) is 17.2 Å². The highest BCUT2D eigenvalue weighted by Gasteiger charge is 2.22. The SMILES string of the molecule is COc1ccc(C(CN(C)C)c2nccc3cc(OC)c(OC)cc23)cc1OC. The van der Waals surface area contributed by atoms with E-state index in [0.717, 1.165) is 28.6 Å². The smallest absolute Gasteiger partial charge is 0.161 e. The fraction of sp³-hybridized carbons (Fsp3) is 0.348. The summed E-state index contributed by atoms with van der Waals surface area (Å²) in [7, 11) is 10.7. The molecule has 154 valence electrons. The Bertz CT molecular complexity index is 988. The summed E-state index contributed by atoms with van der Waals surface area (Å²) >= 11 is 0. The summed E-state index contributed by atoms with van der Waals surface area (Å²) in [5.74, 6) is 2.83. The number of ether oxygens (including phenoxy) is 4. The van der Waals surface area contributed by atoms with Crippen molar-refractivity contribution in [3.63, 3.8) is 0 Å². The Labute approximate surface area is 172 Å². The minimum atomic E-state index is 0.0339. The predicted molar refractivity (Wildman–Crippen MR) is 115 cm³/mol. The van der Waals surface area contributed by atoms with E-state index < -0.39 is 0 Å². The molecule has 0 saturated heterocycles. The molecule has 0 bridgehead atoms. The van der Waals surface area contributed by atoms with Gasteiger partial charge in [0.05, 0.1) is 34.1 Å². The van der Waals surface area contributed by atoms with Crippen LogP contribution in [-0.2, 0) is 0 Å². The Balaban J connectivity index is 2.21. The largest absolute Gasteiger partial charge is 0.493 e. The maximum Gasteiger partial charge on any atom is 0.161 e. The molecule has 0 aliphatic heterocycles. The second kappa shape index (κ2) is 9.01. The third kappa shape index (κ3) is 4.22. The molecule has 2 aromatic carbocycles. The van der Waals surface area contributed by atoms with Crippen LogP contribution in [0.15, 0.2) is 42.6 Å². The molecule has 0 amide bonds. The zero-order valence-electron chi connectivity index (χ0n) is 17.9. The standard InChI is InChI=1S/C23H28N2O4/c1-25(2)14-18(15-7-8-19(26-3)20(11-15)27-4)23-17-13-22(29-6)21(28-5)12-16(17)9-10-24-23/h7-13,18H,14H2,1-6H3. The van der Waals surface area contributed by atoms with E-state index in [1.807, 2.05) is 36.5 Å². The van der Waals surface area contributed by atoms with Gasteiger partial charge in [0.25, 0.3) is 0 Å². The Morgan fingerprint density at radius 2 is 1.41 bits per heavy atom. The fourth-order valence-electron chi connectivity index (χ4n) is 3.58. The predicted octanol–water partition coefficient (Wildman–Crippen LogP) is 3.96. The van der Waals surface area contributed by atoms with Gasteiger partial charge in [-0.05, 0) is 55.4 Å². The van der Waals surface area contributed by atoms with Crippen molar-refractivity contribution in [3.8, 4) is 23.0 Å². The van der Waals surface area contributed by atoms with Crippen molar-refractivity contribution >= 4 is 10.8 Å². The monoisotopic (exact) mass is 396 g/mol. The van der Waals surface area contributed by atoms with E-state index in [0.29, 0.717) is 23.0 Å². The third-order valence-electron chi connectivity index (χ3n) is 4.99. The van der Waals surface area contributed by atoms with E-state index in [1.165, 1.54) is 0 Å². The second-order valence-electron chi connectivity index (χ2n) is 7.05. The van der Waals surface area contributed by atoms with Gasteiger partial charge >= 0.3 is 0 Å². The fourth-order valence-corrected chi connectivity index (χ4v) is 3.58. The van der Waals surface area contributed by atoms with Crippen LogP contribution in [0.5, 0.6) is 23.0 Å². The van der Waals surface area contributed by atoms with Crippen molar-refractivity contribution in [2.24, 2.45) is 0 Å². The Morgan fingerprint density at radius 1 is 0.793 bits per heavy atom. The van der Waals surface area contributed by atoms with Crippen LogP contribution in [0.25, 0.3) is 10.8 Å². The molecule has 0 spiro atoms. The normalized spacial score (nSPS) is 12.1. The topological polar surface area (TPSA) is 53.1 Å². The van der Waals surface area contributed by atoms with E-state index in [4.69, 9.17) is 23.9 Å². The molecule has 3 aromatic rings. The van der Waals surface area contributed by atoms with Gasteiger partial charge in [0.15, 0.2) is 23.0 Å². The average Bonchev–Trinajstić information content (AvgIpc) is 2.75. The molecule has 29 heavy (non-hydrogen) atoms. The zero-order valence-corrected chi connectivity index (χ0v) is 17.9. The number of pyridine rings is 1. The molecular formula is C23H28N2O4. The molecule has 0 radical (unpaired) electrons. The van der Waals surface area contributed by atoms with Gasteiger partial charge in [0.2, 0.25) is 0 Å². The van der Waals surface area contributed by atoms with Crippen molar-refractivity contribution < 1.29 is 18.9 Å². The lowest BCUT2D eigenvalue weighted by atomic mass is 9.91. The number of rotatable bonds is 8. The van der Waals surface area contributed by atoms with E-state index in [2.05, 4.69) is 25.1 Å². The first kappa shape index (κ1) is 20.7.